The first-order valence-electron chi connectivity index (χ1n) is 6.86. The number of hydrogen-bond donors (Lipinski definition) is 3. The Morgan fingerprint density at radius 2 is 2.00 bits per heavy atom. The van der Waals surface area contributed by atoms with Gasteiger partial charge in [-0.15, -0.1) is 0 Å². The summed E-state index contributed by atoms with van der Waals surface area (Å²) >= 11 is 0. The van der Waals surface area contributed by atoms with Crippen LogP contribution in [-0.4, -0.2) is 35.5 Å². The van der Waals surface area contributed by atoms with E-state index < -0.39 is 6.10 Å². The van der Waals surface area contributed by atoms with Crippen molar-refractivity contribution in [2.24, 2.45) is 5.92 Å². The summed E-state index contributed by atoms with van der Waals surface area (Å²) in [7, 11) is 0. The van der Waals surface area contributed by atoms with E-state index in [9.17, 15) is 5.11 Å². The van der Waals surface area contributed by atoms with Crippen LogP contribution in [0.4, 0.5) is 0 Å². The maximum Gasteiger partial charge on any atom is 0.0895 e. The van der Waals surface area contributed by atoms with Crippen LogP contribution >= 0.6 is 0 Å². The Morgan fingerprint density at radius 1 is 1.22 bits per heavy atom. The van der Waals surface area contributed by atoms with Crippen LogP contribution in [0.5, 0.6) is 0 Å². The van der Waals surface area contributed by atoms with Crippen LogP contribution in [-0.2, 0) is 6.42 Å². The van der Waals surface area contributed by atoms with Gasteiger partial charge in [0.05, 0.1) is 12.7 Å². The van der Waals surface area contributed by atoms with Gasteiger partial charge in [-0.05, 0) is 30.7 Å². The lowest BCUT2D eigenvalue weighted by Gasteiger charge is -2.22. The molecule has 0 saturated heterocycles. The van der Waals surface area contributed by atoms with E-state index in [0.29, 0.717) is 18.5 Å². The van der Waals surface area contributed by atoms with Gasteiger partial charge in [0.2, 0.25) is 0 Å². The van der Waals surface area contributed by atoms with Crippen molar-refractivity contribution in [2.75, 3.05) is 13.2 Å². The lowest BCUT2D eigenvalue weighted by Crippen LogP contribution is -2.39. The van der Waals surface area contributed by atoms with Crippen molar-refractivity contribution >= 4 is 0 Å². The van der Waals surface area contributed by atoms with E-state index >= 15 is 0 Å². The predicted octanol–water partition coefficient (Wildman–Crippen LogP) is 1.34. The third-order valence-corrected chi connectivity index (χ3v) is 3.83. The number of aliphatic hydroxyl groups excluding tert-OH is 2. The maximum absolute atomic E-state index is 9.38. The molecule has 1 saturated carbocycles. The molecule has 0 unspecified atom stereocenters. The number of nitrogens with one attached hydrogen (secondary N) is 1. The van der Waals surface area contributed by atoms with E-state index in [1.165, 1.54) is 24.8 Å². The Labute approximate surface area is 109 Å². The van der Waals surface area contributed by atoms with Crippen molar-refractivity contribution in [1.29, 1.82) is 0 Å². The Morgan fingerprint density at radius 3 is 2.72 bits per heavy atom. The first-order valence-corrected chi connectivity index (χ1v) is 6.86. The van der Waals surface area contributed by atoms with E-state index in [0.717, 1.165) is 6.42 Å². The average Bonchev–Trinajstić information content (AvgIpc) is 2.84. The van der Waals surface area contributed by atoms with E-state index in [1.807, 2.05) is 6.07 Å². The summed E-state index contributed by atoms with van der Waals surface area (Å²) < 4.78 is 0. The third kappa shape index (κ3) is 3.80. The van der Waals surface area contributed by atoms with Crippen molar-refractivity contribution in [3.63, 3.8) is 0 Å². The van der Waals surface area contributed by atoms with Crippen molar-refractivity contribution in [3.8, 4) is 0 Å². The molecule has 0 bridgehead atoms. The topological polar surface area (TPSA) is 52.5 Å². The summed E-state index contributed by atoms with van der Waals surface area (Å²) in [5, 5.41) is 21.6. The normalized spacial score (nSPS) is 25.2. The second-order valence-corrected chi connectivity index (χ2v) is 5.23. The SMILES string of the molecule is OC[C@H](O)CN[C@H]1CCC[C@H]1Cc1ccccc1. The smallest absolute Gasteiger partial charge is 0.0895 e. The van der Waals surface area contributed by atoms with Crippen LogP contribution in [0.15, 0.2) is 30.3 Å². The summed E-state index contributed by atoms with van der Waals surface area (Å²) in [5.41, 5.74) is 1.39. The highest BCUT2D eigenvalue weighted by atomic mass is 16.3. The number of aliphatic hydroxyl groups is 2. The van der Waals surface area contributed by atoms with Crippen LogP contribution in [0.3, 0.4) is 0 Å². The molecule has 1 aliphatic rings. The second-order valence-electron chi connectivity index (χ2n) is 5.23. The monoisotopic (exact) mass is 249 g/mol. The zero-order chi connectivity index (χ0) is 12.8. The number of benzene rings is 1. The Kier molecular flexibility index (Phi) is 5.17. The van der Waals surface area contributed by atoms with Crippen LogP contribution < -0.4 is 5.32 Å². The van der Waals surface area contributed by atoms with Crippen molar-refractivity contribution in [3.05, 3.63) is 35.9 Å². The molecule has 1 aliphatic carbocycles. The summed E-state index contributed by atoms with van der Waals surface area (Å²) in [4.78, 5) is 0. The molecule has 0 amide bonds. The molecular formula is C15H23NO2. The summed E-state index contributed by atoms with van der Waals surface area (Å²) in [6, 6.07) is 11.1. The van der Waals surface area contributed by atoms with Gasteiger partial charge in [0.15, 0.2) is 0 Å². The van der Waals surface area contributed by atoms with Crippen LogP contribution in [0, 0.1) is 5.92 Å². The minimum Gasteiger partial charge on any atom is -0.394 e. The van der Waals surface area contributed by atoms with Crippen LogP contribution in [0.2, 0.25) is 0 Å². The molecule has 0 spiro atoms. The first kappa shape index (κ1) is 13.5. The zero-order valence-corrected chi connectivity index (χ0v) is 10.8. The molecule has 0 aliphatic heterocycles. The predicted molar refractivity (Wildman–Crippen MR) is 72.4 cm³/mol. The van der Waals surface area contributed by atoms with Gasteiger partial charge in [-0.25, -0.2) is 0 Å². The average molecular weight is 249 g/mol. The molecule has 2 rings (SSSR count). The van der Waals surface area contributed by atoms with E-state index in [2.05, 4.69) is 29.6 Å². The molecule has 3 atom stereocenters. The first-order chi connectivity index (χ1) is 8.79. The largest absolute Gasteiger partial charge is 0.394 e. The fraction of sp³-hybridized carbons (Fsp3) is 0.600. The molecule has 3 heteroatoms. The molecular weight excluding hydrogens is 226 g/mol. The summed E-state index contributed by atoms with van der Waals surface area (Å²) in [6.07, 6.45) is 4.15. The second kappa shape index (κ2) is 6.88. The third-order valence-electron chi connectivity index (χ3n) is 3.83. The molecule has 18 heavy (non-hydrogen) atoms. The molecule has 3 N–H and O–H groups in total. The quantitative estimate of drug-likeness (QED) is 0.713. The van der Waals surface area contributed by atoms with Gasteiger partial charge in [0.25, 0.3) is 0 Å². The summed E-state index contributed by atoms with van der Waals surface area (Å²) in [5.74, 6) is 0.651. The Hall–Kier alpha value is -0.900. The fourth-order valence-electron chi connectivity index (χ4n) is 2.82. The highest BCUT2D eigenvalue weighted by Gasteiger charge is 2.27. The van der Waals surface area contributed by atoms with Gasteiger partial charge in [0, 0.05) is 12.6 Å². The van der Waals surface area contributed by atoms with Gasteiger partial charge in [-0.1, -0.05) is 36.8 Å². The minimum absolute atomic E-state index is 0.164. The Balaban J connectivity index is 1.84. The molecule has 0 radical (unpaired) electrons. The van der Waals surface area contributed by atoms with Gasteiger partial charge >= 0.3 is 0 Å². The molecule has 1 aromatic rings. The molecule has 1 aromatic carbocycles. The van der Waals surface area contributed by atoms with Crippen molar-refractivity contribution in [2.45, 2.75) is 37.8 Å². The van der Waals surface area contributed by atoms with E-state index in [-0.39, 0.29) is 6.61 Å². The maximum atomic E-state index is 9.38. The fourth-order valence-corrected chi connectivity index (χ4v) is 2.82. The standard InChI is InChI=1S/C15H23NO2/c17-11-14(18)10-16-15-8-4-7-13(15)9-12-5-2-1-3-6-12/h1-3,5-6,13-18H,4,7-11H2/t13-,14+,15-/m0/s1. The van der Waals surface area contributed by atoms with Gasteiger partial charge in [-0.3, -0.25) is 0 Å². The number of rotatable bonds is 6. The van der Waals surface area contributed by atoms with Gasteiger partial charge < -0.3 is 15.5 Å². The lowest BCUT2D eigenvalue weighted by atomic mass is 9.94. The highest BCUT2D eigenvalue weighted by molar-refractivity contribution is 5.16. The molecule has 100 valence electrons. The Bertz CT molecular complexity index is 342. The van der Waals surface area contributed by atoms with Crippen LogP contribution in [0.25, 0.3) is 0 Å². The number of hydrogen-bond acceptors (Lipinski definition) is 3. The molecule has 0 heterocycles. The molecule has 3 nitrogen and oxygen atoms in total. The van der Waals surface area contributed by atoms with Crippen molar-refractivity contribution in [1.82, 2.24) is 5.32 Å². The van der Waals surface area contributed by atoms with E-state index in [4.69, 9.17) is 5.11 Å². The van der Waals surface area contributed by atoms with Crippen LogP contribution in [0.1, 0.15) is 24.8 Å². The molecule has 0 aromatic heterocycles. The highest BCUT2D eigenvalue weighted by Crippen LogP contribution is 2.28. The molecule has 1 fully saturated rings. The van der Waals surface area contributed by atoms with Gasteiger partial charge in [0.1, 0.15) is 0 Å². The van der Waals surface area contributed by atoms with Crippen molar-refractivity contribution < 1.29 is 10.2 Å². The zero-order valence-electron chi connectivity index (χ0n) is 10.8. The minimum atomic E-state index is -0.636. The van der Waals surface area contributed by atoms with E-state index in [1.54, 1.807) is 0 Å². The lowest BCUT2D eigenvalue weighted by molar-refractivity contribution is 0.0904. The summed E-state index contributed by atoms with van der Waals surface area (Å²) in [6.45, 7) is 0.329. The van der Waals surface area contributed by atoms with Gasteiger partial charge in [-0.2, -0.15) is 0 Å².